The monoisotopic (exact) mass is 427 g/mol. The molecule has 1 unspecified atom stereocenters. The Balaban J connectivity index is 1.66. The van der Waals surface area contributed by atoms with Gasteiger partial charge < -0.3 is 9.64 Å². The average molecular weight is 428 g/mol. The van der Waals surface area contributed by atoms with Crippen molar-refractivity contribution >= 4 is 18.0 Å². The SMILES string of the molecule is CCOC(=O)N1CCC(CN(Cc2ccc(C)cc2)Cc2ccc(SN=O)cc2)C1. The quantitative estimate of drug-likeness (QED) is 0.404. The van der Waals surface area contributed by atoms with E-state index in [2.05, 4.69) is 52.8 Å². The van der Waals surface area contributed by atoms with Gasteiger partial charge in [0.25, 0.3) is 0 Å². The molecule has 1 amide bonds. The molecule has 0 spiro atoms. The van der Waals surface area contributed by atoms with E-state index in [0.717, 1.165) is 56.0 Å². The zero-order valence-electron chi connectivity index (χ0n) is 17.6. The van der Waals surface area contributed by atoms with Crippen molar-refractivity contribution in [3.63, 3.8) is 0 Å². The van der Waals surface area contributed by atoms with E-state index in [0.29, 0.717) is 12.5 Å². The first-order valence-corrected chi connectivity index (χ1v) is 11.1. The highest BCUT2D eigenvalue weighted by molar-refractivity contribution is 7.98. The van der Waals surface area contributed by atoms with Crippen LogP contribution in [0.2, 0.25) is 0 Å². The zero-order chi connectivity index (χ0) is 21.3. The third-order valence-corrected chi connectivity index (χ3v) is 5.88. The molecular weight excluding hydrogens is 398 g/mol. The highest BCUT2D eigenvalue weighted by Gasteiger charge is 2.28. The van der Waals surface area contributed by atoms with E-state index >= 15 is 0 Å². The minimum atomic E-state index is -0.207. The molecule has 0 aromatic heterocycles. The Morgan fingerprint density at radius 2 is 1.77 bits per heavy atom. The predicted molar refractivity (Wildman–Crippen MR) is 120 cm³/mol. The molecule has 0 N–H and O–H groups in total. The second-order valence-electron chi connectivity index (χ2n) is 7.76. The Morgan fingerprint density at radius 3 is 2.37 bits per heavy atom. The fraction of sp³-hybridized carbons (Fsp3) is 0.435. The van der Waals surface area contributed by atoms with E-state index in [9.17, 15) is 9.70 Å². The lowest BCUT2D eigenvalue weighted by atomic mass is 10.1. The van der Waals surface area contributed by atoms with E-state index < -0.39 is 0 Å². The molecule has 0 saturated carbocycles. The van der Waals surface area contributed by atoms with Crippen LogP contribution in [0.3, 0.4) is 0 Å². The van der Waals surface area contributed by atoms with Gasteiger partial charge in [-0.15, -0.1) is 4.91 Å². The molecule has 1 atom stereocenters. The molecule has 1 aliphatic rings. The van der Waals surface area contributed by atoms with Gasteiger partial charge in [-0.1, -0.05) is 42.0 Å². The molecule has 0 radical (unpaired) electrons. The number of nitrogens with zero attached hydrogens (tertiary/aromatic N) is 3. The van der Waals surface area contributed by atoms with Crippen molar-refractivity contribution in [1.29, 1.82) is 0 Å². The molecule has 160 valence electrons. The van der Waals surface area contributed by atoms with Crippen molar-refractivity contribution in [1.82, 2.24) is 9.80 Å². The van der Waals surface area contributed by atoms with Crippen LogP contribution in [0.15, 0.2) is 58.0 Å². The molecule has 3 rings (SSSR count). The van der Waals surface area contributed by atoms with Gasteiger partial charge in [-0.05, 0) is 49.4 Å². The number of hydrogen-bond acceptors (Lipinski definition) is 6. The van der Waals surface area contributed by atoms with Crippen LogP contribution >= 0.6 is 11.9 Å². The highest BCUT2D eigenvalue weighted by atomic mass is 32.2. The Bertz CT molecular complexity index is 827. The molecule has 1 aliphatic heterocycles. The van der Waals surface area contributed by atoms with Gasteiger partial charge in [-0.25, -0.2) is 4.79 Å². The topological polar surface area (TPSA) is 62.2 Å². The number of hydrogen-bond donors (Lipinski definition) is 0. The molecule has 1 saturated heterocycles. The Morgan fingerprint density at radius 1 is 1.13 bits per heavy atom. The van der Waals surface area contributed by atoms with Crippen LogP contribution in [-0.4, -0.2) is 42.1 Å². The second kappa shape index (κ2) is 11.1. The van der Waals surface area contributed by atoms with Gasteiger partial charge in [0.1, 0.15) is 0 Å². The maximum Gasteiger partial charge on any atom is 0.409 e. The molecule has 2 aromatic rings. The summed E-state index contributed by atoms with van der Waals surface area (Å²) in [6, 6.07) is 16.6. The first-order valence-electron chi connectivity index (χ1n) is 10.4. The molecular formula is C23H29N3O3S. The minimum Gasteiger partial charge on any atom is -0.450 e. The number of carbonyl (C=O) groups excluding carboxylic acids is 1. The van der Waals surface area contributed by atoms with Crippen LogP contribution in [0.4, 0.5) is 4.79 Å². The summed E-state index contributed by atoms with van der Waals surface area (Å²) in [6.07, 6.45) is 0.783. The van der Waals surface area contributed by atoms with Gasteiger partial charge in [0.15, 0.2) is 0 Å². The largest absolute Gasteiger partial charge is 0.450 e. The lowest BCUT2D eigenvalue weighted by Crippen LogP contribution is -2.33. The number of carbonyl (C=O) groups is 1. The van der Waals surface area contributed by atoms with Gasteiger partial charge in [0.05, 0.1) is 18.6 Å². The number of rotatable bonds is 9. The Kier molecular flexibility index (Phi) is 8.28. The number of aryl methyl sites for hydroxylation is 1. The summed E-state index contributed by atoms with van der Waals surface area (Å²) in [5.74, 6) is 0.425. The second-order valence-corrected chi connectivity index (χ2v) is 8.57. The van der Waals surface area contributed by atoms with Crippen molar-refractivity contribution < 1.29 is 9.53 Å². The number of ether oxygens (including phenoxy) is 1. The van der Waals surface area contributed by atoms with Gasteiger partial charge in [-0.2, -0.15) is 0 Å². The maximum atomic E-state index is 12.0. The number of benzene rings is 2. The number of nitroso groups, excluding NO2 is 1. The summed E-state index contributed by atoms with van der Waals surface area (Å²) < 4.78 is 8.03. The average Bonchev–Trinajstić information content (AvgIpc) is 3.20. The smallest absolute Gasteiger partial charge is 0.409 e. The van der Waals surface area contributed by atoms with Crippen LogP contribution in [0.5, 0.6) is 0 Å². The summed E-state index contributed by atoms with van der Waals surface area (Å²) in [4.78, 5) is 27.6. The van der Waals surface area contributed by atoms with Gasteiger partial charge in [0, 0.05) is 42.2 Å². The third kappa shape index (κ3) is 6.57. The van der Waals surface area contributed by atoms with Crippen molar-refractivity contribution in [3.05, 3.63) is 70.1 Å². The van der Waals surface area contributed by atoms with Gasteiger partial charge >= 0.3 is 6.09 Å². The van der Waals surface area contributed by atoms with Gasteiger partial charge in [0.2, 0.25) is 0 Å². The molecule has 6 nitrogen and oxygen atoms in total. The summed E-state index contributed by atoms with van der Waals surface area (Å²) in [5.41, 5.74) is 3.72. The van der Waals surface area contributed by atoms with E-state index in [4.69, 9.17) is 4.74 Å². The molecule has 1 fully saturated rings. The minimum absolute atomic E-state index is 0.207. The summed E-state index contributed by atoms with van der Waals surface area (Å²) in [7, 11) is 0. The van der Waals surface area contributed by atoms with E-state index in [1.165, 1.54) is 16.7 Å². The number of amides is 1. The van der Waals surface area contributed by atoms with Crippen LogP contribution in [0.1, 0.15) is 30.0 Å². The van der Waals surface area contributed by atoms with Crippen molar-refractivity contribution in [2.45, 2.75) is 38.3 Å². The summed E-state index contributed by atoms with van der Waals surface area (Å²) in [6.45, 7) is 8.41. The summed E-state index contributed by atoms with van der Waals surface area (Å²) in [5, 5.41) is 0. The molecule has 2 aromatic carbocycles. The first-order chi connectivity index (χ1) is 14.6. The van der Waals surface area contributed by atoms with Crippen molar-refractivity contribution in [3.8, 4) is 0 Å². The Labute approximate surface area is 182 Å². The van der Waals surface area contributed by atoms with Crippen molar-refractivity contribution in [2.75, 3.05) is 26.2 Å². The lowest BCUT2D eigenvalue weighted by Gasteiger charge is -2.26. The highest BCUT2D eigenvalue weighted by Crippen LogP contribution is 2.23. The first kappa shape index (κ1) is 22.3. The summed E-state index contributed by atoms with van der Waals surface area (Å²) >= 11 is 0.946. The standard InChI is InChI=1S/C23H29N3O3S/c1-3-29-23(27)26-13-12-21(17-26)16-25(14-19-6-4-18(2)5-7-19)15-20-8-10-22(11-9-20)30-24-28/h4-11,21H,3,12-17H2,1-2H3. The normalized spacial score (nSPS) is 16.1. The van der Waals surface area contributed by atoms with Crippen LogP contribution in [-0.2, 0) is 17.8 Å². The molecule has 0 aliphatic carbocycles. The lowest BCUT2D eigenvalue weighted by molar-refractivity contribution is 0.113. The van der Waals surface area contributed by atoms with Crippen molar-refractivity contribution in [2.24, 2.45) is 10.5 Å². The fourth-order valence-corrected chi connectivity index (χ4v) is 4.16. The zero-order valence-corrected chi connectivity index (χ0v) is 18.4. The maximum absolute atomic E-state index is 12.0. The molecule has 30 heavy (non-hydrogen) atoms. The van der Waals surface area contributed by atoms with E-state index in [1.54, 1.807) is 0 Å². The van der Waals surface area contributed by atoms with Crippen LogP contribution in [0, 0.1) is 17.7 Å². The third-order valence-electron chi connectivity index (χ3n) is 5.33. The molecule has 0 bridgehead atoms. The predicted octanol–water partition coefficient (Wildman–Crippen LogP) is 5.25. The van der Waals surface area contributed by atoms with E-state index in [1.807, 2.05) is 24.0 Å². The van der Waals surface area contributed by atoms with Crippen LogP contribution in [0.25, 0.3) is 0 Å². The fourth-order valence-electron chi connectivity index (χ4n) is 3.82. The van der Waals surface area contributed by atoms with Gasteiger partial charge in [-0.3, -0.25) is 4.90 Å². The Hall–Kier alpha value is -2.38. The number of likely N-dealkylation sites (tertiary alicyclic amines) is 1. The van der Waals surface area contributed by atoms with Crippen LogP contribution < -0.4 is 0 Å². The molecule has 7 heteroatoms. The van der Waals surface area contributed by atoms with E-state index in [-0.39, 0.29) is 6.09 Å². The molecule has 1 heterocycles.